The van der Waals surface area contributed by atoms with E-state index >= 15 is 0 Å². The molecule has 1 heterocycles. The van der Waals surface area contributed by atoms with Crippen molar-refractivity contribution in [1.29, 1.82) is 0 Å². The molecule has 0 spiro atoms. The van der Waals surface area contributed by atoms with Gasteiger partial charge in [0.25, 0.3) is 5.91 Å². The van der Waals surface area contributed by atoms with E-state index in [-0.39, 0.29) is 11.7 Å². The highest BCUT2D eigenvalue weighted by molar-refractivity contribution is 6.04. The van der Waals surface area contributed by atoms with Crippen molar-refractivity contribution in [2.24, 2.45) is 0 Å². The number of pyridine rings is 1. The molecule has 132 valence electrons. The van der Waals surface area contributed by atoms with E-state index in [9.17, 15) is 9.18 Å². The highest BCUT2D eigenvalue weighted by Gasteiger charge is 2.09. The number of rotatable bonds is 5. The molecule has 0 aliphatic rings. The van der Waals surface area contributed by atoms with Crippen LogP contribution in [-0.2, 0) is 6.54 Å². The molecular formula is C21H20FN3O. The minimum Gasteiger partial charge on any atom is -0.380 e. The van der Waals surface area contributed by atoms with E-state index in [1.165, 1.54) is 12.3 Å². The minimum absolute atomic E-state index is 0.239. The Labute approximate surface area is 152 Å². The summed E-state index contributed by atoms with van der Waals surface area (Å²) in [5, 5.41) is 5.98. The van der Waals surface area contributed by atoms with Crippen LogP contribution in [0.3, 0.4) is 0 Å². The first-order chi connectivity index (χ1) is 12.5. The van der Waals surface area contributed by atoms with Crippen LogP contribution >= 0.6 is 0 Å². The number of amides is 1. The maximum Gasteiger partial charge on any atom is 0.257 e. The number of halogens is 1. The molecule has 1 aromatic heterocycles. The quantitative estimate of drug-likeness (QED) is 0.702. The van der Waals surface area contributed by atoms with Crippen molar-refractivity contribution in [3.63, 3.8) is 0 Å². The Morgan fingerprint density at radius 2 is 1.73 bits per heavy atom. The molecule has 0 fully saturated rings. The Bertz CT molecular complexity index is 920. The molecule has 5 heteroatoms. The second kappa shape index (κ2) is 7.78. The van der Waals surface area contributed by atoms with Crippen LogP contribution in [0.15, 0.2) is 60.9 Å². The first-order valence-electron chi connectivity index (χ1n) is 8.33. The van der Waals surface area contributed by atoms with E-state index in [4.69, 9.17) is 0 Å². The number of aryl methyl sites for hydroxylation is 2. The summed E-state index contributed by atoms with van der Waals surface area (Å²) in [4.78, 5) is 16.6. The van der Waals surface area contributed by atoms with Crippen LogP contribution in [0.2, 0.25) is 0 Å². The lowest BCUT2D eigenvalue weighted by molar-refractivity contribution is 0.102. The SMILES string of the molecule is Cc1cc(C)cc(NC(=O)c2cncc(NCc3ccccc3F)c2)c1. The average molecular weight is 349 g/mol. The summed E-state index contributed by atoms with van der Waals surface area (Å²) >= 11 is 0. The van der Waals surface area contributed by atoms with E-state index in [1.54, 1.807) is 30.5 Å². The summed E-state index contributed by atoms with van der Waals surface area (Å²) in [5.41, 5.74) is 4.55. The fourth-order valence-electron chi connectivity index (χ4n) is 2.75. The van der Waals surface area contributed by atoms with Crippen LogP contribution in [0, 0.1) is 19.7 Å². The zero-order chi connectivity index (χ0) is 18.5. The standard InChI is InChI=1S/C21H20FN3O/c1-14-7-15(2)9-18(8-14)25-21(26)17-10-19(13-23-11-17)24-12-16-5-3-4-6-20(16)22/h3-11,13,24H,12H2,1-2H3,(H,25,26). The fraction of sp³-hybridized carbons (Fsp3) is 0.143. The summed E-state index contributed by atoms with van der Waals surface area (Å²) < 4.78 is 13.7. The molecule has 2 aromatic carbocycles. The molecule has 1 amide bonds. The maximum absolute atomic E-state index is 13.7. The van der Waals surface area contributed by atoms with Crippen LogP contribution in [0.25, 0.3) is 0 Å². The second-order valence-corrected chi connectivity index (χ2v) is 6.24. The van der Waals surface area contributed by atoms with Gasteiger partial charge in [0, 0.05) is 30.2 Å². The van der Waals surface area contributed by atoms with E-state index in [2.05, 4.69) is 15.6 Å². The molecule has 0 saturated carbocycles. The highest BCUT2D eigenvalue weighted by atomic mass is 19.1. The number of hydrogen-bond donors (Lipinski definition) is 2. The van der Waals surface area contributed by atoms with Crippen LogP contribution in [0.4, 0.5) is 15.8 Å². The molecule has 0 unspecified atom stereocenters. The molecule has 4 nitrogen and oxygen atoms in total. The predicted molar refractivity (Wildman–Crippen MR) is 102 cm³/mol. The minimum atomic E-state index is -0.267. The Balaban J connectivity index is 1.70. The zero-order valence-corrected chi connectivity index (χ0v) is 14.7. The third-order valence-corrected chi connectivity index (χ3v) is 3.92. The van der Waals surface area contributed by atoms with Crippen LogP contribution in [0.5, 0.6) is 0 Å². The number of hydrogen-bond acceptors (Lipinski definition) is 3. The van der Waals surface area contributed by atoms with Crippen molar-refractivity contribution >= 4 is 17.3 Å². The van der Waals surface area contributed by atoms with Gasteiger partial charge in [-0.05, 0) is 49.2 Å². The first-order valence-corrected chi connectivity index (χ1v) is 8.33. The first kappa shape index (κ1) is 17.6. The summed E-state index contributed by atoms with van der Waals surface area (Å²) in [7, 11) is 0. The van der Waals surface area contributed by atoms with Gasteiger partial charge in [-0.3, -0.25) is 9.78 Å². The maximum atomic E-state index is 13.7. The van der Waals surface area contributed by atoms with E-state index in [1.807, 2.05) is 32.0 Å². The Morgan fingerprint density at radius 1 is 1.00 bits per heavy atom. The van der Waals surface area contributed by atoms with Gasteiger partial charge in [0.1, 0.15) is 5.82 Å². The van der Waals surface area contributed by atoms with Gasteiger partial charge >= 0.3 is 0 Å². The van der Waals surface area contributed by atoms with E-state index in [0.717, 1.165) is 16.8 Å². The van der Waals surface area contributed by atoms with Crippen molar-refractivity contribution in [3.05, 3.63) is 89.0 Å². The van der Waals surface area contributed by atoms with Crippen LogP contribution in [0.1, 0.15) is 27.0 Å². The van der Waals surface area contributed by atoms with Crippen molar-refractivity contribution < 1.29 is 9.18 Å². The molecule has 0 bridgehead atoms. The van der Waals surface area contributed by atoms with Crippen LogP contribution < -0.4 is 10.6 Å². The summed E-state index contributed by atoms with van der Waals surface area (Å²) in [6, 6.07) is 14.1. The second-order valence-electron chi connectivity index (χ2n) is 6.24. The van der Waals surface area contributed by atoms with E-state index in [0.29, 0.717) is 23.4 Å². The smallest absolute Gasteiger partial charge is 0.257 e. The van der Waals surface area contributed by atoms with Gasteiger partial charge in [-0.25, -0.2) is 4.39 Å². The van der Waals surface area contributed by atoms with Crippen molar-refractivity contribution in [2.75, 3.05) is 10.6 Å². The van der Waals surface area contributed by atoms with Gasteiger partial charge in [-0.1, -0.05) is 24.3 Å². The molecule has 0 atom stereocenters. The number of carbonyl (C=O) groups excluding carboxylic acids is 1. The number of nitrogens with one attached hydrogen (secondary N) is 2. The molecule has 0 aliphatic carbocycles. The average Bonchev–Trinajstić information content (AvgIpc) is 2.60. The van der Waals surface area contributed by atoms with Crippen LogP contribution in [-0.4, -0.2) is 10.9 Å². The molecule has 0 saturated heterocycles. The number of carbonyl (C=O) groups is 1. The topological polar surface area (TPSA) is 54.0 Å². The molecule has 3 aromatic rings. The van der Waals surface area contributed by atoms with Gasteiger partial charge < -0.3 is 10.6 Å². The fourth-order valence-corrected chi connectivity index (χ4v) is 2.75. The number of anilines is 2. The summed E-state index contributed by atoms with van der Waals surface area (Å²) in [6.07, 6.45) is 3.11. The molecule has 3 rings (SSSR count). The lowest BCUT2D eigenvalue weighted by atomic mass is 10.1. The zero-order valence-electron chi connectivity index (χ0n) is 14.7. The largest absolute Gasteiger partial charge is 0.380 e. The Morgan fingerprint density at radius 3 is 2.46 bits per heavy atom. The van der Waals surface area contributed by atoms with Gasteiger partial charge in [-0.15, -0.1) is 0 Å². The number of benzene rings is 2. The molecule has 0 radical (unpaired) electrons. The van der Waals surface area contributed by atoms with Gasteiger partial charge in [0.2, 0.25) is 0 Å². The number of aromatic nitrogens is 1. The predicted octanol–water partition coefficient (Wildman–Crippen LogP) is 4.70. The summed E-state index contributed by atoms with van der Waals surface area (Å²) in [5.74, 6) is -0.506. The summed E-state index contributed by atoms with van der Waals surface area (Å²) in [6.45, 7) is 4.28. The van der Waals surface area contributed by atoms with Crippen molar-refractivity contribution in [1.82, 2.24) is 4.98 Å². The third-order valence-electron chi connectivity index (χ3n) is 3.92. The molecule has 26 heavy (non-hydrogen) atoms. The van der Waals surface area contributed by atoms with Gasteiger partial charge in [0.15, 0.2) is 0 Å². The molecule has 0 aliphatic heterocycles. The molecular weight excluding hydrogens is 329 g/mol. The normalized spacial score (nSPS) is 10.4. The lowest BCUT2D eigenvalue weighted by Crippen LogP contribution is -2.13. The van der Waals surface area contributed by atoms with Crippen molar-refractivity contribution in [2.45, 2.75) is 20.4 Å². The highest BCUT2D eigenvalue weighted by Crippen LogP contribution is 2.17. The monoisotopic (exact) mass is 349 g/mol. The van der Waals surface area contributed by atoms with Gasteiger partial charge in [-0.2, -0.15) is 0 Å². The third kappa shape index (κ3) is 4.45. The van der Waals surface area contributed by atoms with Gasteiger partial charge in [0.05, 0.1) is 11.3 Å². The molecule has 2 N–H and O–H groups in total. The Kier molecular flexibility index (Phi) is 5.27. The van der Waals surface area contributed by atoms with Crippen molar-refractivity contribution in [3.8, 4) is 0 Å². The lowest BCUT2D eigenvalue weighted by Gasteiger charge is -2.10. The Hall–Kier alpha value is -3.21. The number of nitrogens with zero attached hydrogens (tertiary/aromatic N) is 1. The van der Waals surface area contributed by atoms with E-state index < -0.39 is 0 Å².